The number of carbonyl (C=O) groups is 1. The van der Waals surface area contributed by atoms with Crippen LogP contribution in [0.15, 0.2) is 18.2 Å². The van der Waals surface area contributed by atoms with E-state index in [1.165, 1.54) is 11.3 Å². The van der Waals surface area contributed by atoms with Crippen LogP contribution >= 0.6 is 11.3 Å². The molecule has 1 aromatic heterocycles. The van der Waals surface area contributed by atoms with Crippen LogP contribution in [0.3, 0.4) is 0 Å². The lowest BCUT2D eigenvalue weighted by Crippen LogP contribution is -2.31. The van der Waals surface area contributed by atoms with Crippen LogP contribution in [0.25, 0.3) is 10.1 Å². The van der Waals surface area contributed by atoms with E-state index in [1.54, 1.807) is 7.11 Å². The first-order valence-corrected chi connectivity index (χ1v) is 7.55. The highest BCUT2D eigenvalue weighted by Gasteiger charge is 2.15. The summed E-state index contributed by atoms with van der Waals surface area (Å²) in [4.78, 5) is 13.0. The molecule has 0 saturated heterocycles. The quantitative estimate of drug-likeness (QED) is 0.805. The Kier molecular flexibility index (Phi) is 4.98. The normalized spacial score (nSPS) is 10.8. The van der Waals surface area contributed by atoms with Crippen LogP contribution in [-0.2, 0) is 0 Å². The highest BCUT2D eigenvalue weighted by atomic mass is 32.1. The molecule has 1 aromatic carbocycles. The Bertz CT molecular complexity index is 607. The fraction of sp³-hybridized carbons (Fsp3) is 0.400. The average molecular weight is 292 g/mol. The van der Waals surface area contributed by atoms with Crippen molar-refractivity contribution in [2.75, 3.05) is 26.7 Å². The monoisotopic (exact) mass is 292 g/mol. The molecule has 2 aromatic rings. The molecule has 4 nitrogen and oxygen atoms in total. The molecule has 2 rings (SSSR count). The molecule has 0 aliphatic rings. The molecule has 1 heterocycles. The van der Waals surface area contributed by atoms with Crippen LogP contribution in [-0.4, -0.2) is 32.7 Å². The Morgan fingerprint density at radius 3 is 2.85 bits per heavy atom. The van der Waals surface area contributed by atoms with Gasteiger partial charge in [-0.3, -0.25) is 4.79 Å². The summed E-state index contributed by atoms with van der Waals surface area (Å²) < 4.78 is 6.35. The number of ether oxygens (including phenoxy) is 1. The van der Waals surface area contributed by atoms with Crippen LogP contribution in [0.5, 0.6) is 5.75 Å². The molecule has 0 bridgehead atoms. The zero-order chi connectivity index (χ0) is 14.5. The largest absolute Gasteiger partial charge is 0.497 e. The summed E-state index contributed by atoms with van der Waals surface area (Å²) in [5, 5.41) is 7.21. The van der Waals surface area contributed by atoms with Gasteiger partial charge in [0.1, 0.15) is 5.75 Å². The Morgan fingerprint density at radius 1 is 1.35 bits per heavy atom. The minimum Gasteiger partial charge on any atom is -0.497 e. The summed E-state index contributed by atoms with van der Waals surface area (Å²) in [6.07, 6.45) is 0. The highest BCUT2D eigenvalue weighted by molar-refractivity contribution is 7.21. The Balaban J connectivity index is 2.17. The van der Waals surface area contributed by atoms with Crippen LogP contribution in [0.2, 0.25) is 0 Å². The van der Waals surface area contributed by atoms with E-state index in [-0.39, 0.29) is 5.91 Å². The van der Waals surface area contributed by atoms with Gasteiger partial charge >= 0.3 is 0 Å². The minimum absolute atomic E-state index is 0.000528. The fourth-order valence-corrected chi connectivity index (χ4v) is 3.17. The zero-order valence-corrected chi connectivity index (χ0v) is 12.9. The molecule has 0 spiro atoms. The van der Waals surface area contributed by atoms with Gasteiger partial charge in [0.25, 0.3) is 5.91 Å². The number of rotatable bonds is 6. The molecule has 0 radical (unpaired) electrons. The first-order valence-electron chi connectivity index (χ1n) is 6.73. The number of nitrogens with one attached hydrogen (secondary N) is 2. The van der Waals surface area contributed by atoms with Gasteiger partial charge in [0, 0.05) is 17.8 Å². The first kappa shape index (κ1) is 14.8. The first-order chi connectivity index (χ1) is 9.67. The number of benzene rings is 1. The number of hydrogen-bond acceptors (Lipinski definition) is 4. The lowest BCUT2D eigenvalue weighted by Gasteiger charge is -2.04. The zero-order valence-electron chi connectivity index (χ0n) is 12.1. The summed E-state index contributed by atoms with van der Waals surface area (Å²) in [7, 11) is 1.65. The maximum absolute atomic E-state index is 12.2. The second kappa shape index (κ2) is 6.72. The van der Waals surface area contributed by atoms with Crippen molar-refractivity contribution in [2.24, 2.45) is 0 Å². The van der Waals surface area contributed by atoms with E-state index in [2.05, 4.69) is 10.6 Å². The van der Waals surface area contributed by atoms with E-state index >= 15 is 0 Å². The van der Waals surface area contributed by atoms with Gasteiger partial charge in [-0.05, 0) is 42.6 Å². The SMILES string of the molecule is CCNCCNC(=O)c1sc2ccc(OC)cc2c1C. The van der Waals surface area contributed by atoms with Crippen LogP contribution in [0, 0.1) is 6.92 Å². The van der Waals surface area contributed by atoms with E-state index in [0.717, 1.165) is 39.4 Å². The third-order valence-electron chi connectivity index (χ3n) is 3.19. The van der Waals surface area contributed by atoms with Crippen molar-refractivity contribution in [3.05, 3.63) is 28.6 Å². The van der Waals surface area contributed by atoms with Crippen molar-refractivity contribution in [1.82, 2.24) is 10.6 Å². The Labute approximate surface area is 123 Å². The Morgan fingerprint density at radius 2 is 2.15 bits per heavy atom. The standard InChI is InChI=1S/C15H20N2O2S/c1-4-16-7-8-17-15(18)14-10(2)12-9-11(19-3)5-6-13(12)20-14/h5-6,9,16H,4,7-8H2,1-3H3,(H,17,18). The molecule has 1 amide bonds. The summed E-state index contributed by atoms with van der Waals surface area (Å²) in [6, 6.07) is 5.91. The van der Waals surface area contributed by atoms with Crippen molar-refractivity contribution in [1.29, 1.82) is 0 Å². The molecular weight excluding hydrogens is 272 g/mol. The Hall–Kier alpha value is -1.59. The molecule has 0 atom stereocenters. The maximum Gasteiger partial charge on any atom is 0.261 e. The van der Waals surface area contributed by atoms with Gasteiger partial charge in [0.05, 0.1) is 12.0 Å². The summed E-state index contributed by atoms with van der Waals surface area (Å²) in [5.41, 5.74) is 1.02. The van der Waals surface area contributed by atoms with Gasteiger partial charge in [-0.2, -0.15) is 0 Å². The van der Waals surface area contributed by atoms with Gasteiger partial charge in [-0.25, -0.2) is 0 Å². The summed E-state index contributed by atoms with van der Waals surface area (Å²) in [6.45, 7) is 6.38. The predicted octanol–water partition coefficient (Wildman–Crippen LogP) is 2.56. The molecular formula is C15H20N2O2S. The van der Waals surface area contributed by atoms with Gasteiger partial charge in [0.2, 0.25) is 0 Å². The lowest BCUT2D eigenvalue weighted by atomic mass is 10.1. The molecule has 0 aliphatic carbocycles. The number of aryl methyl sites for hydroxylation is 1. The molecule has 2 N–H and O–H groups in total. The third-order valence-corrected chi connectivity index (χ3v) is 4.46. The average Bonchev–Trinajstić information content (AvgIpc) is 2.80. The molecule has 0 aliphatic heterocycles. The molecule has 0 saturated carbocycles. The van der Waals surface area contributed by atoms with Gasteiger partial charge in [-0.15, -0.1) is 11.3 Å². The second-order valence-electron chi connectivity index (χ2n) is 4.53. The molecule has 5 heteroatoms. The minimum atomic E-state index is 0.000528. The van der Waals surface area contributed by atoms with Crippen molar-refractivity contribution in [3.63, 3.8) is 0 Å². The number of hydrogen-bond donors (Lipinski definition) is 2. The number of likely N-dealkylation sites (N-methyl/N-ethyl adjacent to an activating group) is 1. The number of thiophene rings is 1. The van der Waals surface area contributed by atoms with E-state index in [0.29, 0.717) is 6.54 Å². The van der Waals surface area contributed by atoms with Crippen molar-refractivity contribution >= 4 is 27.3 Å². The second-order valence-corrected chi connectivity index (χ2v) is 5.58. The molecule has 20 heavy (non-hydrogen) atoms. The predicted molar refractivity (Wildman–Crippen MR) is 84.0 cm³/mol. The fourth-order valence-electron chi connectivity index (χ4n) is 2.07. The summed E-state index contributed by atoms with van der Waals surface area (Å²) in [5.74, 6) is 0.818. The van der Waals surface area contributed by atoms with Crippen molar-refractivity contribution in [3.8, 4) is 5.75 Å². The molecule has 0 fully saturated rings. The van der Waals surface area contributed by atoms with Gasteiger partial charge < -0.3 is 15.4 Å². The smallest absolute Gasteiger partial charge is 0.261 e. The molecule has 0 unspecified atom stereocenters. The maximum atomic E-state index is 12.2. The number of amides is 1. The van der Waals surface area contributed by atoms with Gasteiger partial charge in [-0.1, -0.05) is 6.92 Å². The molecule has 108 valence electrons. The van der Waals surface area contributed by atoms with Crippen LogP contribution in [0.4, 0.5) is 0 Å². The number of fused-ring (bicyclic) bond motifs is 1. The highest BCUT2D eigenvalue weighted by Crippen LogP contribution is 2.33. The van der Waals surface area contributed by atoms with Gasteiger partial charge in [0.15, 0.2) is 0 Å². The van der Waals surface area contributed by atoms with E-state index in [4.69, 9.17) is 4.74 Å². The van der Waals surface area contributed by atoms with E-state index < -0.39 is 0 Å². The van der Waals surface area contributed by atoms with E-state index in [9.17, 15) is 4.79 Å². The third kappa shape index (κ3) is 3.11. The van der Waals surface area contributed by atoms with E-state index in [1.807, 2.05) is 32.0 Å². The number of methoxy groups -OCH3 is 1. The topological polar surface area (TPSA) is 50.4 Å². The van der Waals surface area contributed by atoms with Crippen molar-refractivity contribution in [2.45, 2.75) is 13.8 Å². The van der Waals surface area contributed by atoms with Crippen LogP contribution in [0.1, 0.15) is 22.2 Å². The van der Waals surface area contributed by atoms with Crippen molar-refractivity contribution < 1.29 is 9.53 Å². The number of carbonyl (C=O) groups excluding carboxylic acids is 1. The van der Waals surface area contributed by atoms with Crippen LogP contribution < -0.4 is 15.4 Å². The summed E-state index contributed by atoms with van der Waals surface area (Å²) >= 11 is 1.53. The lowest BCUT2D eigenvalue weighted by molar-refractivity contribution is 0.0957.